The van der Waals surface area contributed by atoms with Gasteiger partial charge in [0.25, 0.3) is 0 Å². The summed E-state index contributed by atoms with van der Waals surface area (Å²) in [6, 6.07) is 10.3. The molecule has 1 aromatic carbocycles. The lowest BCUT2D eigenvalue weighted by Gasteiger charge is -2.54. The summed E-state index contributed by atoms with van der Waals surface area (Å²) >= 11 is 0. The van der Waals surface area contributed by atoms with E-state index in [4.69, 9.17) is 9.57 Å². The lowest BCUT2D eigenvalue weighted by molar-refractivity contribution is -0.314. The molecule has 0 aliphatic carbocycles. The average molecular weight is 432 g/mol. The Morgan fingerprint density at radius 2 is 1.52 bits per heavy atom. The van der Waals surface area contributed by atoms with Crippen molar-refractivity contribution in [1.82, 2.24) is 5.06 Å². The second kappa shape index (κ2) is 12.0. The van der Waals surface area contributed by atoms with Gasteiger partial charge >= 0.3 is 5.97 Å². The molecule has 0 spiro atoms. The number of piperidine rings is 1. The zero-order valence-electron chi connectivity index (χ0n) is 20.8. The number of hydrogen-bond donors (Lipinski definition) is 0. The second-order valence-corrected chi connectivity index (χ2v) is 10.5. The van der Waals surface area contributed by atoms with Gasteiger partial charge in [0.05, 0.1) is 0 Å². The van der Waals surface area contributed by atoms with Gasteiger partial charge in [-0.2, -0.15) is 5.06 Å². The van der Waals surface area contributed by atoms with Crippen molar-refractivity contribution in [2.24, 2.45) is 0 Å². The van der Waals surface area contributed by atoms with Crippen LogP contribution in [0.25, 0.3) is 0 Å². The lowest BCUT2D eigenvalue weighted by Crippen LogP contribution is -2.62. The van der Waals surface area contributed by atoms with Crippen LogP contribution in [0.5, 0.6) is 0 Å². The first-order valence-electron chi connectivity index (χ1n) is 12.4. The first-order valence-corrected chi connectivity index (χ1v) is 12.4. The van der Waals surface area contributed by atoms with E-state index >= 15 is 0 Å². The number of rotatable bonds is 12. The SMILES string of the molecule is CCCCCCCCCC(=O)OC1CC(C)(C)N(OC(C)c2ccccc2)C(C)(C)C1. The molecular weight excluding hydrogens is 386 g/mol. The van der Waals surface area contributed by atoms with Gasteiger partial charge in [-0.05, 0) is 46.6 Å². The molecule has 0 saturated carbocycles. The molecule has 4 heteroatoms. The van der Waals surface area contributed by atoms with Gasteiger partial charge in [-0.25, -0.2) is 0 Å². The van der Waals surface area contributed by atoms with Crippen LogP contribution in [0.1, 0.15) is 117 Å². The van der Waals surface area contributed by atoms with Crippen LogP contribution in [-0.2, 0) is 14.4 Å². The highest BCUT2D eigenvalue weighted by Gasteiger charge is 2.48. The van der Waals surface area contributed by atoms with Gasteiger partial charge in [0.1, 0.15) is 12.2 Å². The number of unbranched alkanes of at least 4 members (excludes halogenated alkanes) is 6. The maximum Gasteiger partial charge on any atom is 0.306 e. The molecule has 2 rings (SSSR count). The first kappa shape index (κ1) is 25.9. The molecule has 1 aromatic rings. The van der Waals surface area contributed by atoms with Crippen LogP contribution >= 0.6 is 0 Å². The molecule has 0 bridgehead atoms. The van der Waals surface area contributed by atoms with Crippen molar-refractivity contribution in [2.75, 3.05) is 0 Å². The monoisotopic (exact) mass is 431 g/mol. The van der Waals surface area contributed by atoms with Gasteiger partial charge in [0, 0.05) is 30.3 Å². The van der Waals surface area contributed by atoms with Crippen LogP contribution in [-0.4, -0.2) is 28.2 Å². The highest BCUT2D eigenvalue weighted by atomic mass is 16.7. The number of ether oxygens (including phenoxy) is 1. The molecule has 1 heterocycles. The molecule has 4 nitrogen and oxygen atoms in total. The van der Waals surface area contributed by atoms with Crippen LogP contribution in [0.2, 0.25) is 0 Å². The fourth-order valence-electron chi connectivity index (χ4n) is 4.95. The second-order valence-electron chi connectivity index (χ2n) is 10.5. The van der Waals surface area contributed by atoms with Gasteiger partial charge in [0.15, 0.2) is 0 Å². The third kappa shape index (κ3) is 8.23. The lowest BCUT2D eigenvalue weighted by atomic mass is 9.80. The molecule has 0 amide bonds. The summed E-state index contributed by atoms with van der Waals surface area (Å²) in [5.41, 5.74) is 0.710. The van der Waals surface area contributed by atoms with Gasteiger partial charge in [-0.3, -0.25) is 9.63 Å². The van der Waals surface area contributed by atoms with Crippen molar-refractivity contribution in [3.8, 4) is 0 Å². The van der Waals surface area contributed by atoms with E-state index in [9.17, 15) is 4.79 Å². The zero-order chi connectivity index (χ0) is 22.9. The van der Waals surface area contributed by atoms with Crippen LogP contribution < -0.4 is 0 Å². The van der Waals surface area contributed by atoms with Gasteiger partial charge in [-0.15, -0.1) is 0 Å². The molecule has 0 N–H and O–H groups in total. The van der Waals surface area contributed by atoms with E-state index in [0.717, 1.165) is 31.2 Å². The number of carbonyl (C=O) groups is 1. The molecule has 1 unspecified atom stereocenters. The molecule has 0 aromatic heterocycles. The Balaban J connectivity index is 1.84. The normalized spacial score (nSPS) is 19.8. The number of hydrogen-bond acceptors (Lipinski definition) is 4. The van der Waals surface area contributed by atoms with Gasteiger partial charge < -0.3 is 4.74 Å². The molecule has 0 radical (unpaired) electrons. The largest absolute Gasteiger partial charge is 0.462 e. The van der Waals surface area contributed by atoms with Crippen LogP contribution in [0.15, 0.2) is 30.3 Å². The zero-order valence-corrected chi connectivity index (χ0v) is 20.8. The number of esters is 1. The van der Waals surface area contributed by atoms with Crippen molar-refractivity contribution in [2.45, 2.75) is 129 Å². The van der Waals surface area contributed by atoms with Gasteiger partial charge in [0.2, 0.25) is 0 Å². The summed E-state index contributed by atoms with van der Waals surface area (Å²) in [6.45, 7) is 13.1. The van der Waals surface area contributed by atoms with Crippen molar-refractivity contribution >= 4 is 5.97 Å². The summed E-state index contributed by atoms with van der Waals surface area (Å²) in [5, 5.41) is 2.14. The fourth-order valence-corrected chi connectivity index (χ4v) is 4.95. The standard InChI is InChI=1S/C27H45NO3/c1-7-8-9-10-11-12-16-19-25(29)30-24-20-26(3,4)28(27(5,6)21-24)31-22(2)23-17-14-13-15-18-23/h13-15,17-18,22,24H,7-12,16,19-21H2,1-6H3. The molecular formula is C27H45NO3. The number of benzene rings is 1. The first-order chi connectivity index (χ1) is 14.7. The minimum absolute atomic E-state index is 0.0313. The van der Waals surface area contributed by atoms with E-state index in [-0.39, 0.29) is 29.3 Å². The van der Waals surface area contributed by atoms with E-state index < -0.39 is 0 Å². The fraction of sp³-hybridized carbons (Fsp3) is 0.741. The Hall–Kier alpha value is -1.39. The molecule has 1 fully saturated rings. The average Bonchev–Trinajstić information content (AvgIpc) is 2.70. The van der Waals surface area contributed by atoms with E-state index in [1.54, 1.807) is 0 Å². The number of hydroxylamine groups is 2. The topological polar surface area (TPSA) is 38.8 Å². The highest BCUT2D eigenvalue weighted by molar-refractivity contribution is 5.69. The Kier molecular flexibility index (Phi) is 10.0. The van der Waals surface area contributed by atoms with Crippen LogP contribution in [0.4, 0.5) is 0 Å². The van der Waals surface area contributed by atoms with Gasteiger partial charge in [-0.1, -0.05) is 75.8 Å². The predicted octanol–water partition coefficient (Wildman–Crippen LogP) is 7.38. The maximum absolute atomic E-state index is 12.4. The van der Waals surface area contributed by atoms with E-state index in [1.807, 2.05) is 18.2 Å². The van der Waals surface area contributed by atoms with E-state index in [2.05, 4.69) is 58.7 Å². The third-order valence-corrected chi connectivity index (χ3v) is 6.37. The van der Waals surface area contributed by atoms with Crippen molar-refractivity contribution in [1.29, 1.82) is 0 Å². The predicted molar refractivity (Wildman–Crippen MR) is 128 cm³/mol. The summed E-state index contributed by atoms with van der Waals surface area (Å²) < 4.78 is 5.92. The van der Waals surface area contributed by atoms with Crippen LogP contribution in [0.3, 0.4) is 0 Å². The summed E-state index contributed by atoms with van der Waals surface area (Å²) in [5.74, 6) is -0.0443. The molecule has 1 atom stereocenters. The smallest absolute Gasteiger partial charge is 0.306 e. The van der Waals surface area contributed by atoms with Crippen molar-refractivity contribution < 1.29 is 14.4 Å². The van der Waals surface area contributed by atoms with Crippen molar-refractivity contribution in [3.63, 3.8) is 0 Å². The third-order valence-electron chi connectivity index (χ3n) is 6.37. The maximum atomic E-state index is 12.4. The summed E-state index contributed by atoms with van der Waals surface area (Å²) in [7, 11) is 0. The van der Waals surface area contributed by atoms with E-state index in [1.165, 1.54) is 32.1 Å². The molecule has 1 saturated heterocycles. The molecule has 1 aliphatic rings. The Morgan fingerprint density at radius 3 is 2.10 bits per heavy atom. The molecule has 176 valence electrons. The number of carbonyl (C=O) groups excluding carboxylic acids is 1. The Morgan fingerprint density at radius 1 is 0.968 bits per heavy atom. The summed E-state index contributed by atoms with van der Waals surface area (Å²) in [4.78, 5) is 18.9. The quantitative estimate of drug-likeness (QED) is 0.255. The van der Waals surface area contributed by atoms with Crippen molar-refractivity contribution in [3.05, 3.63) is 35.9 Å². The summed E-state index contributed by atoms with van der Waals surface area (Å²) in [6.07, 6.45) is 10.5. The highest BCUT2D eigenvalue weighted by Crippen LogP contribution is 2.41. The minimum atomic E-state index is -0.227. The molecule has 1 aliphatic heterocycles. The minimum Gasteiger partial charge on any atom is -0.462 e. The Bertz CT molecular complexity index is 638. The molecule has 31 heavy (non-hydrogen) atoms. The van der Waals surface area contributed by atoms with Crippen LogP contribution in [0, 0.1) is 0 Å². The number of nitrogens with zero attached hydrogens (tertiary/aromatic N) is 1. The Labute approximate surface area is 190 Å². The van der Waals surface area contributed by atoms with E-state index in [0.29, 0.717) is 6.42 Å².